The Morgan fingerprint density at radius 1 is 1.14 bits per heavy atom. The van der Waals surface area contributed by atoms with Gasteiger partial charge in [-0.2, -0.15) is 0 Å². The molecule has 0 bridgehead atoms. The van der Waals surface area contributed by atoms with Crippen molar-refractivity contribution < 1.29 is 9.13 Å². The second-order valence-electron chi connectivity index (χ2n) is 6.98. The van der Waals surface area contributed by atoms with Crippen molar-refractivity contribution in [3.63, 3.8) is 0 Å². The van der Waals surface area contributed by atoms with Crippen molar-refractivity contribution in [2.24, 2.45) is 9.98 Å². The average Bonchev–Trinajstić information content (AvgIpc) is 3.04. The number of fused-ring (bicyclic) bond motifs is 1. The molecule has 0 radical (unpaired) electrons. The molecular weight excluding hydrogens is 363 g/mol. The lowest BCUT2D eigenvalue weighted by Gasteiger charge is -2.14. The molecule has 0 atom stereocenters. The SMILES string of the molecule is C=C1C=CC=CC=C1OCC1=CCC2=CC=C(c3ccc(C)cc3F)C=NC2=N1. The summed E-state index contributed by atoms with van der Waals surface area (Å²) in [5.41, 5.74) is 4.78. The van der Waals surface area contributed by atoms with Gasteiger partial charge >= 0.3 is 0 Å². The molecule has 0 spiro atoms. The van der Waals surface area contributed by atoms with Gasteiger partial charge in [0, 0.05) is 28.5 Å². The van der Waals surface area contributed by atoms with Crippen LogP contribution in [0.4, 0.5) is 4.39 Å². The van der Waals surface area contributed by atoms with E-state index in [1.165, 1.54) is 6.07 Å². The molecule has 0 saturated heterocycles. The molecule has 2 aliphatic heterocycles. The van der Waals surface area contributed by atoms with E-state index in [2.05, 4.69) is 16.6 Å². The predicted molar refractivity (Wildman–Crippen MR) is 117 cm³/mol. The molecule has 0 saturated carbocycles. The molecule has 0 aromatic heterocycles. The average molecular weight is 384 g/mol. The van der Waals surface area contributed by atoms with Gasteiger partial charge in [0.15, 0.2) is 5.84 Å². The molecule has 3 aliphatic rings. The Bertz CT molecular complexity index is 1110. The first-order chi connectivity index (χ1) is 14.1. The van der Waals surface area contributed by atoms with Crippen LogP contribution in [0.15, 0.2) is 106 Å². The van der Waals surface area contributed by atoms with Gasteiger partial charge in [-0.15, -0.1) is 0 Å². The molecule has 144 valence electrons. The highest BCUT2D eigenvalue weighted by Gasteiger charge is 2.16. The van der Waals surface area contributed by atoms with Crippen LogP contribution in [-0.4, -0.2) is 18.7 Å². The zero-order valence-electron chi connectivity index (χ0n) is 16.2. The van der Waals surface area contributed by atoms with Gasteiger partial charge in [0.2, 0.25) is 0 Å². The zero-order chi connectivity index (χ0) is 20.2. The fourth-order valence-corrected chi connectivity index (χ4v) is 3.16. The Kier molecular flexibility index (Phi) is 5.34. The van der Waals surface area contributed by atoms with Crippen LogP contribution in [0.3, 0.4) is 0 Å². The summed E-state index contributed by atoms with van der Waals surface area (Å²) in [6.07, 6.45) is 17.8. The van der Waals surface area contributed by atoms with Crippen molar-refractivity contribution in [1.29, 1.82) is 0 Å². The third-order valence-corrected chi connectivity index (χ3v) is 4.78. The van der Waals surface area contributed by atoms with Crippen molar-refractivity contribution in [2.45, 2.75) is 13.3 Å². The second kappa shape index (κ2) is 8.23. The van der Waals surface area contributed by atoms with Crippen LogP contribution < -0.4 is 0 Å². The van der Waals surface area contributed by atoms with E-state index in [1.54, 1.807) is 12.3 Å². The van der Waals surface area contributed by atoms with E-state index in [1.807, 2.05) is 61.6 Å². The largest absolute Gasteiger partial charge is 0.487 e. The lowest BCUT2D eigenvalue weighted by molar-refractivity contribution is 0.248. The fourth-order valence-electron chi connectivity index (χ4n) is 3.16. The normalized spacial score (nSPS) is 18.0. The lowest BCUT2D eigenvalue weighted by atomic mass is 10.0. The number of aryl methyl sites for hydroxylation is 1. The maximum absolute atomic E-state index is 14.3. The summed E-state index contributed by atoms with van der Waals surface area (Å²) in [4.78, 5) is 9.14. The first-order valence-corrected chi connectivity index (χ1v) is 9.47. The van der Waals surface area contributed by atoms with Crippen LogP contribution in [0.2, 0.25) is 0 Å². The number of hydrogen-bond acceptors (Lipinski definition) is 3. The van der Waals surface area contributed by atoms with E-state index in [4.69, 9.17) is 4.74 Å². The van der Waals surface area contributed by atoms with Gasteiger partial charge in [0.1, 0.15) is 18.2 Å². The number of amidine groups is 1. The molecule has 0 N–H and O–H groups in total. The Labute approximate surface area is 170 Å². The van der Waals surface area contributed by atoms with E-state index < -0.39 is 0 Å². The Hall–Kier alpha value is -3.53. The van der Waals surface area contributed by atoms with Crippen LogP contribution in [0.1, 0.15) is 17.5 Å². The summed E-state index contributed by atoms with van der Waals surface area (Å²) in [7, 11) is 0. The molecular formula is C25H21FN2O. The highest BCUT2D eigenvalue weighted by molar-refractivity contribution is 6.18. The molecule has 2 heterocycles. The molecule has 1 aliphatic carbocycles. The number of ether oxygens (including phenoxy) is 1. The fraction of sp³-hybridized carbons (Fsp3) is 0.120. The molecule has 3 nitrogen and oxygen atoms in total. The summed E-state index contributed by atoms with van der Waals surface area (Å²) >= 11 is 0. The lowest BCUT2D eigenvalue weighted by Crippen LogP contribution is -2.08. The maximum atomic E-state index is 14.3. The molecule has 0 fully saturated rings. The first-order valence-electron chi connectivity index (χ1n) is 9.47. The number of allylic oxidation sites excluding steroid dienone is 9. The van der Waals surface area contributed by atoms with E-state index in [0.717, 1.165) is 33.7 Å². The summed E-state index contributed by atoms with van der Waals surface area (Å²) in [6, 6.07) is 5.21. The van der Waals surface area contributed by atoms with Gasteiger partial charge in [-0.05, 0) is 31.1 Å². The third kappa shape index (κ3) is 4.32. The van der Waals surface area contributed by atoms with Crippen molar-refractivity contribution in [1.82, 2.24) is 0 Å². The predicted octanol–water partition coefficient (Wildman–Crippen LogP) is 5.80. The van der Waals surface area contributed by atoms with Gasteiger partial charge in [0.05, 0.1) is 5.70 Å². The monoisotopic (exact) mass is 384 g/mol. The van der Waals surface area contributed by atoms with Gasteiger partial charge in [-0.3, -0.25) is 0 Å². The number of halogens is 1. The van der Waals surface area contributed by atoms with Gasteiger partial charge in [-0.25, -0.2) is 14.4 Å². The van der Waals surface area contributed by atoms with Crippen LogP contribution >= 0.6 is 0 Å². The number of nitrogens with zero attached hydrogens (tertiary/aromatic N) is 2. The maximum Gasteiger partial charge on any atom is 0.155 e. The third-order valence-electron chi connectivity index (χ3n) is 4.78. The summed E-state index contributed by atoms with van der Waals surface area (Å²) < 4.78 is 20.2. The number of rotatable bonds is 4. The number of hydrogen-bond donors (Lipinski definition) is 0. The smallest absolute Gasteiger partial charge is 0.155 e. The Morgan fingerprint density at radius 3 is 2.90 bits per heavy atom. The molecule has 0 amide bonds. The standard InChI is InChI=1S/C25H21FN2O/c1-17-8-13-22(23(26)14-17)20-10-9-19-11-12-21(28-25(19)27-15-20)16-29-24-7-5-3-4-6-18(24)2/h3-10,12-15H,2,11,16H2,1H3. The van der Waals surface area contributed by atoms with Crippen molar-refractivity contribution in [3.8, 4) is 0 Å². The Morgan fingerprint density at radius 2 is 2.03 bits per heavy atom. The van der Waals surface area contributed by atoms with E-state index in [0.29, 0.717) is 24.4 Å². The second-order valence-corrected chi connectivity index (χ2v) is 6.98. The molecule has 4 rings (SSSR count). The Balaban J connectivity index is 1.50. The van der Waals surface area contributed by atoms with Gasteiger partial charge < -0.3 is 4.74 Å². The minimum Gasteiger partial charge on any atom is -0.487 e. The first kappa shape index (κ1) is 18.8. The molecule has 4 heteroatoms. The van der Waals surface area contributed by atoms with Crippen molar-refractivity contribution in [3.05, 3.63) is 113 Å². The van der Waals surface area contributed by atoms with Gasteiger partial charge in [0.25, 0.3) is 0 Å². The molecule has 0 unspecified atom stereocenters. The molecule has 29 heavy (non-hydrogen) atoms. The number of aliphatic imine (C=N–C) groups is 2. The van der Waals surface area contributed by atoms with E-state index in [-0.39, 0.29) is 5.82 Å². The van der Waals surface area contributed by atoms with E-state index >= 15 is 0 Å². The highest BCUT2D eigenvalue weighted by Crippen LogP contribution is 2.25. The molecule has 1 aromatic rings. The minimum absolute atomic E-state index is 0.250. The zero-order valence-corrected chi connectivity index (χ0v) is 16.2. The van der Waals surface area contributed by atoms with Crippen LogP contribution in [-0.2, 0) is 4.74 Å². The van der Waals surface area contributed by atoms with E-state index in [9.17, 15) is 4.39 Å². The van der Waals surface area contributed by atoms with Crippen LogP contribution in [0, 0.1) is 12.7 Å². The van der Waals surface area contributed by atoms with Crippen LogP contribution in [0.5, 0.6) is 0 Å². The summed E-state index contributed by atoms with van der Waals surface area (Å²) in [6.45, 7) is 6.21. The highest BCUT2D eigenvalue weighted by atomic mass is 19.1. The summed E-state index contributed by atoms with van der Waals surface area (Å²) in [5.74, 6) is 1.11. The van der Waals surface area contributed by atoms with Crippen molar-refractivity contribution >= 4 is 17.6 Å². The topological polar surface area (TPSA) is 34.0 Å². The minimum atomic E-state index is -0.250. The quantitative estimate of drug-likeness (QED) is 0.646. The number of benzene rings is 1. The van der Waals surface area contributed by atoms with Crippen LogP contribution in [0.25, 0.3) is 5.57 Å². The van der Waals surface area contributed by atoms with Gasteiger partial charge in [-0.1, -0.05) is 61.2 Å². The summed E-state index contributed by atoms with van der Waals surface area (Å²) in [5, 5.41) is 0. The van der Waals surface area contributed by atoms with Crippen molar-refractivity contribution in [2.75, 3.05) is 6.61 Å². The molecule has 1 aromatic carbocycles.